The Balaban J connectivity index is 2.36. The average Bonchev–Trinajstić information content (AvgIpc) is 3.11. The summed E-state index contributed by atoms with van der Waals surface area (Å²) in [5.41, 5.74) is 1.56. The zero-order valence-corrected chi connectivity index (χ0v) is 9.62. The Morgan fingerprint density at radius 3 is 2.88 bits per heavy atom. The molecule has 16 heavy (non-hydrogen) atoms. The van der Waals surface area contributed by atoms with Gasteiger partial charge >= 0.3 is 0 Å². The second kappa shape index (κ2) is 4.51. The van der Waals surface area contributed by atoms with E-state index in [1.807, 2.05) is 6.92 Å². The lowest BCUT2D eigenvalue weighted by Gasteiger charge is -2.12. The number of aromatic nitrogens is 1. The molecule has 2 rings (SSSR count). The summed E-state index contributed by atoms with van der Waals surface area (Å²) in [4.78, 5) is 15.9. The van der Waals surface area contributed by atoms with Gasteiger partial charge in [0.05, 0.1) is 17.9 Å². The van der Waals surface area contributed by atoms with Crippen molar-refractivity contribution in [2.45, 2.75) is 32.3 Å². The summed E-state index contributed by atoms with van der Waals surface area (Å²) in [6.45, 7) is 2.00. The van der Waals surface area contributed by atoms with E-state index in [-0.39, 0.29) is 12.0 Å². The third-order valence-electron chi connectivity index (χ3n) is 2.64. The zero-order chi connectivity index (χ0) is 11.5. The summed E-state index contributed by atoms with van der Waals surface area (Å²) in [6.07, 6.45) is 6.55. The highest BCUT2D eigenvalue weighted by Gasteiger charge is 2.26. The number of carbonyl (C=O) groups excluding carboxylic acids is 1. The van der Waals surface area contributed by atoms with E-state index >= 15 is 0 Å². The van der Waals surface area contributed by atoms with Crippen LogP contribution in [0.2, 0.25) is 0 Å². The maximum absolute atomic E-state index is 11.8. The first-order valence-electron chi connectivity index (χ1n) is 5.61. The Bertz CT molecular complexity index is 400. The summed E-state index contributed by atoms with van der Waals surface area (Å²) in [5.74, 6) is 0.510. The quantitative estimate of drug-likeness (QED) is 0.837. The fraction of sp³-hybridized carbons (Fsp3) is 0.500. The van der Waals surface area contributed by atoms with Crippen molar-refractivity contribution in [3.8, 4) is 5.75 Å². The minimum atomic E-state index is -0.102. The second-order valence-corrected chi connectivity index (χ2v) is 3.92. The topological polar surface area (TPSA) is 51.2 Å². The number of nitrogens with zero attached hydrogens (tertiary/aromatic N) is 1. The van der Waals surface area contributed by atoms with Crippen LogP contribution >= 0.6 is 0 Å². The molecule has 1 heterocycles. The minimum Gasteiger partial charge on any atom is -0.488 e. The first-order chi connectivity index (χ1) is 7.76. The van der Waals surface area contributed by atoms with Crippen LogP contribution in [0.3, 0.4) is 0 Å². The molecule has 1 aromatic rings. The molecule has 0 radical (unpaired) electrons. The van der Waals surface area contributed by atoms with E-state index in [0.717, 1.165) is 24.8 Å². The van der Waals surface area contributed by atoms with Crippen LogP contribution in [-0.4, -0.2) is 24.0 Å². The van der Waals surface area contributed by atoms with Crippen LogP contribution in [0, 0.1) is 0 Å². The molecule has 86 valence electrons. The van der Waals surface area contributed by atoms with E-state index in [0.29, 0.717) is 11.3 Å². The van der Waals surface area contributed by atoms with E-state index in [1.54, 1.807) is 19.4 Å². The first kappa shape index (κ1) is 10.9. The highest BCUT2D eigenvalue weighted by atomic mass is 16.5. The molecule has 0 atom stereocenters. The van der Waals surface area contributed by atoms with Crippen molar-refractivity contribution < 1.29 is 9.53 Å². The number of nitrogens with one attached hydrogen (secondary N) is 1. The molecule has 1 aliphatic rings. The van der Waals surface area contributed by atoms with Gasteiger partial charge in [-0.2, -0.15) is 0 Å². The molecular weight excluding hydrogens is 204 g/mol. The van der Waals surface area contributed by atoms with Crippen LogP contribution in [-0.2, 0) is 6.42 Å². The van der Waals surface area contributed by atoms with Gasteiger partial charge in [-0.15, -0.1) is 0 Å². The number of aryl methyl sites for hydroxylation is 1. The maximum Gasteiger partial charge on any atom is 0.255 e. The second-order valence-electron chi connectivity index (χ2n) is 3.92. The summed E-state index contributed by atoms with van der Waals surface area (Å²) in [7, 11) is 1.63. The van der Waals surface area contributed by atoms with E-state index in [2.05, 4.69) is 10.3 Å². The Morgan fingerprint density at radius 1 is 1.56 bits per heavy atom. The normalized spacial score (nSPS) is 14.6. The summed E-state index contributed by atoms with van der Waals surface area (Å²) >= 11 is 0. The van der Waals surface area contributed by atoms with Gasteiger partial charge in [0, 0.05) is 13.2 Å². The Labute approximate surface area is 95.0 Å². The van der Waals surface area contributed by atoms with Gasteiger partial charge in [-0.05, 0) is 24.8 Å². The van der Waals surface area contributed by atoms with E-state index in [1.165, 1.54) is 0 Å². The van der Waals surface area contributed by atoms with Crippen molar-refractivity contribution in [2.24, 2.45) is 0 Å². The molecule has 1 fully saturated rings. The van der Waals surface area contributed by atoms with E-state index in [9.17, 15) is 4.79 Å². The largest absolute Gasteiger partial charge is 0.488 e. The third-order valence-corrected chi connectivity index (χ3v) is 2.64. The number of hydrogen-bond donors (Lipinski definition) is 1. The lowest BCUT2D eigenvalue weighted by molar-refractivity contribution is 0.0957. The maximum atomic E-state index is 11.8. The number of pyridine rings is 1. The third kappa shape index (κ3) is 2.15. The van der Waals surface area contributed by atoms with E-state index in [4.69, 9.17) is 4.74 Å². The molecule has 1 amide bonds. The molecule has 1 saturated carbocycles. The van der Waals surface area contributed by atoms with Gasteiger partial charge in [-0.3, -0.25) is 9.78 Å². The molecule has 0 saturated heterocycles. The van der Waals surface area contributed by atoms with Crippen molar-refractivity contribution in [3.63, 3.8) is 0 Å². The highest BCUT2D eigenvalue weighted by Crippen LogP contribution is 2.30. The van der Waals surface area contributed by atoms with Gasteiger partial charge in [0.1, 0.15) is 0 Å². The molecule has 0 aromatic carbocycles. The Hall–Kier alpha value is -1.58. The number of carbonyl (C=O) groups is 1. The van der Waals surface area contributed by atoms with Gasteiger partial charge in [-0.25, -0.2) is 0 Å². The van der Waals surface area contributed by atoms with Gasteiger partial charge in [0.25, 0.3) is 5.91 Å². The van der Waals surface area contributed by atoms with Crippen molar-refractivity contribution in [1.29, 1.82) is 0 Å². The van der Waals surface area contributed by atoms with Gasteiger partial charge < -0.3 is 10.1 Å². The number of amides is 1. The fourth-order valence-electron chi connectivity index (χ4n) is 1.59. The summed E-state index contributed by atoms with van der Waals surface area (Å²) < 4.78 is 5.70. The van der Waals surface area contributed by atoms with Crippen LogP contribution in [0.15, 0.2) is 12.4 Å². The van der Waals surface area contributed by atoms with Crippen LogP contribution in [0.1, 0.15) is 35.7 Å². The van der Waals surface area contributed by atoms with E-state index < -0.39 is 0 Å². The molecule has 1 aliphatic carbocycles. The van der Waals surface area contributed by atoms with Gasteiger partial charge in [0.2, 0.25) is 0 Å². The van der Waals surface area contributed by atoms with Crippen LogP contribution in [0.5, 0.6) is 5.75 Å². The molecule has 1 N–H and O–H groups in total. The number of rotatable bonds is 4. The predicted octanol–water partition coefficient (Wildman–Crippen LogP) is 1.54. The van der Waals surface area contributed by atoms with Crippen molar-refractivity contribution >= 4 is 5.91 Å². The van der Waals surface area contributed by atoms with Crippen molar-refractivity contribution in [1.82, 2.24) is 10.3 Å². The Morgan fingerprint density at radius 2 is 2.31 bits per heavy atom. The van der Waals surface area contributed by atoms with Crippen LogP contribution in [0.4, 0.5) is 0 Å². The molecule has 0 aliphatic heterocycles. The SMILES string of the molecule is CCc1cncc(OC2CC2)c1C(=O)NC. The standard InChI is InChI=1S/C12H16N2O2/c1-3-8-6-14-7-10(16-9-4-5-9)11(8)12(15)13-2/h6-7,9H,3-5H2,1-2H3,(H,13,15). The smallest absolute Gasteiger partial charge is 0.255 e. The minimum absolute atomic E-state index is 0.102. The molecule has 1 aromatic heterocycles. The number of ether oxygens (including phenoxy) is 1. The molecule has 4 nitrogen and oxygen atoms in total. The highest BCUT2D eigenvalue weighted by molar-refractivity contribution is 5.98. The van der Waals surface area contributed by atoms with Gasteiger partial charge in [-0.1, -0.05) is 6.92 Å². The fourth-order valence-corrected chi connectivity index (χ4v) is 1.59. The van der Waals surface area contributed by atoms with Crippen molar-refractivity contribution in [3.05, 3.63) is 23.5 Å². The van der Waals surface area contributed by atoms with Crippen LogP contribution < -0.4 is 10.1 Å². The van der Waals surface area contributed by atoms with Crippen LogP contribution in [0.25, 0.3) is 0 Å². The molecule has 0 unspecified atom stereocenters. The van der Waals surface area contributed by atoms with Crippen molar-refractivity contribution in [2.75, 3.05) is 7.05 Å². The van der Waals surface area contributed by atoms with Gasteiger partial charge in [0.15, 0.2) is 5.75 Å². The predicted molar refractivity (Wildman–Crippen MR) is 60.7 cm³/mol. The first-order valence-corrected chi connectivity index (χ1v) is 5.61. The number of hydrogen-bond acceptors (Lipinski definition) is 3. The summed E-state index contributed by atoms with van der Waals surface area (Å²) in [6, 6.07) is 0. The average molecular weight is 220 g/mol. The Kier molecular flexibility index (Phi) is 3.08. The zero-order valence-electron chi connectivity index (χ0n) is 9.62. The summed E-state index contributed by atoms with van der Waals surface area (Å²) in [5, 5.41) is 2.64. The molecule has 4 heteroatoms. The lowest BCUT2D eigenvalue weighted by atomic mass is 10.1. The molecular formula is C12H16N2O2. The molecule has 0 bridgehead atoms. The monoisotopic (exact) mass is 220 g/mol. The lowest BCUT2D eigenvalue weighted by Crippen LogP contribution is -2.21. The molecule has 0 spiro atoms.